The Bertz CT molecular complexity index is 1300. The molecule has 13 nitrogen and oxygen atoms in total. The summed E-state index contributed by atoms with van der Waals surface area (Å²) in [6.07, 6.45) is -2.54. The Kier molecular flexibility index (Phi) is 10.1. The Morgan fingerprint density at radius 1 is 1.37 bits per heavy atom. The maximum absolute atomic E-state index is 13.6. The lowest BCUT2D eigenvalue weighted by Gasteiger charge is -2.15. The van der Waals surface area contributed by atoms with E-state index in [2.05, 4.69) is 5.11 Å². The molecule has 2 heterocycles. The number of aromatic amines is 1. The van der Waals surface area contributed by atoms with E-state index in [0.29, 0.717) is 12.6 Å². The van der Waals surface area contributed by atoms with Gasteiger partial charge < -0.3 is 14.6 Å². The molecule has 1 aromatic carbocycles. The van der Waals surface area contributed by atoms with E-state index in [1.54, 1.807) is 6.92 Å². The number of nitrogens with zero attached hydrogens (tertiary/aromatic N) is 2. The summed E-state index contributed by atoms with van der Waals surface area (Å²) >= 11 is 0. The van der Waals surface area contributed by atoms with Crippen LogP contribution in [0, 0.1) is 18.3 Å². The van der Waals surface area contributed by atoms with Crippen LogP contribution in [0.3, 0.4) is 0 Å². The van der Waals surface area contributed by atoms with Gasteiger partial charge in [0.05, 0.1) is 12.3 Å². The zero-order chi connectivity index (χ0) is 28.0. The van der Waals surface area contributed by atoms with Crippen molar-refractivity contribution in [1.29, 1.82) is 5.53 Å². The molecule has 0 saturated carbocycles. The van der Waals surface area contributed by atoms with Crippen molar-refractivity contribution >= 4 is 14.2 Å². The van der Waals surface area contributed by atoms with Crippen molar-refractivity contribution < 1.29 is 37.4 Å². The van der Waals surface area contributed by atoms with Crippen LogP contribution in [-0.2, 0) is 40.9 Å². The fraction of sp³-hybridized carbons (Fsp3) is 0.522. The normalized spacial score (nSPS) is 21.1. The predicted octanol–water partition coefficient (Wildman–Crippen LogP) is 2.42. The van der Waals surface area contributed by atoms with Gasteiger partial charge in [-0.15, -0.1) is 9.05 Å². The molecule has 1 aliphatic heterocycles. The third kappa shape index (κ3) is 7.68. The summed E-state index contributed by atoms with van der Waals surface area (Å²) in [4.78, 5) is 36.8. The van der Waals surface area contributed by atoms with E-state index in [1.165, 1.54) is 6.92 Å². The lowest BCUT2D eigenvalue weighted by Crippen LogP contribution is -2.34. The van der Waals surface area contributed by atoms with Crippen molar-refractivity contribution in [3.63, 3.8) is 0 Å². The fourth-order valence-corrected chi connectivity index (χ4v) is 4.32. The Labute approximate surface area is 217 Å². The van der Waals surface area contributed by atoms with Gasteiger partial charge in [0, 0.05) is 17.4 Å². The molecule has 0 radical (unpaired) electrons. The second-order valence-electron chi connectivity index (χ2n) is 8.89. The highest BCUT2D eigenvalue weighted by atomic mass is 31.1. The Morgan fingerprint density at radius 2 is 2.11 bits per heavy atom. The number of hydrogen-bond donors (Lipinski definition) is 3. The summed E-state index contributed by atoms with van der Waals surface area (Å²) in [7, 11) is -2.60. The molecular formula is C23H29FN4O9P+. The molecule has 0 spiro atoms. The first-order chi connectivity index (χ1) is 18.0. The zero-order valence-corrected chi connectivity index (χ0v) is 21.9. The van der Waals surface area contributed by atoms with Crippen LogP contribution in [0.5, 0.6) is 0 Å². The van der Waals surface area contributed by atoms with Gasteiger partial charge in [0.1, 0.15) is 31.6 Å². The van der Waals surface area contributed by atoms with Crippen LogP contribution in [-0.4, -0.2) is 51.6 Å². The first-order valence-corrected chi connectivity index (χ1v) is 12.8. The predicted molar refractivity (Wildman–Crippen MR) is 129 cm³/mol. The third-order valence-corrected chi connectivity index (χ3v) is 6.60. The number of nitrogens with one attached hydrogen (secondary N) is 2. The van der Waals surface area contributed by atoms with Gasteiger partial charge in [-0.25, -0.2) is 15.1 Å². The number of ether oxygens (including phenoxy) is 2. The first kappa shape index (κ1) is 29.4. The van der Waals surface area contributed by atoms with Crippen LogP contribution in [0.2, 0.25) is 0 Å². The highest BCUT2D eigenvalue weighted by molar-refractivity contribution is 7.33. The molecule has 0 amide bonds. The molecule has 15 heteroatoms. The highest BCUT2D eigenvalue weighted by Gasteiger charge is 2.38. The monoisotopic (exact) mass is 555 g/mol. The quantitative estimate of drug-likeness (QED) is 0.201. The first-order valence-electron chi connectivity index (χ1n) is 11.7. The van der Waals surface area contributed by atoms with Gasteiger partial charge in [-0.2, -0.15) is 9.50 Å². The molecule has 1 fully saturated rings. The number of carbonyl (C=O) groups excluding carboxylic acids is 1. The van der Waals surface area contributed by atoms with Gasteiger partial charge in [-0.05, 0) is 37.5 Å². The van der Waals surface area contributed by atoms with Crippen LogP contribution in [0.25, 0.3) is 0 Å². The van der Waals surface area contributed by atoms with Gasteiger partial charge >= 0.3 is 19.9 Å². The van der Waals surface area contributed by atoms with E-state index in [9.17, 15) is 28.4 Å². The lowest BCUT2D eigenvalue weighted by atomic mass is 10.0. The smallest absolute Gasteiger partial charge is 0.461 e. The topological polar surface area (TPSA) is 182 Å². The van der Waals surface area contributed by atoms with Crippen LogP contribution >= 0.6 is 8.25 Å². The minimum atomic E-state index is -2.60. The Hall–Kier alpha value is -3.16. The number of carbonyl (C=O) groups is 1. The fourth-order valence-electron chi connectivity index (χ4n) is 3.73. The molecule has 38 heavy (non-hydrogen) atoms. The molecule has 0 bridgehead atoms. The lowest BCUT2D eigenvalue weighted by molar-refractivity contribution is -0.149. The van der Waals surface area contributed by atoms with Gasteiger partial charge in [-0.3, -0.25) is 14.3 Å². The maximum atomic E-state index is 13.6. The summed E-state index contributed by atoms with van der Waals surface area (Å²) < 4.78 is 48.0. The van der Waals surface area contributed by atoms with Gasteiger partial charge in [-0.1, -0.05) is 18.2 Å². The largest absolute Gasteiger partial charge is 0.697 e. The Balaban J connectivity index is 1.50. The number of aryl methyl sites for hydroxylation is 1. The molecule has 1 aromatic heterocycles. The number of aliphatic hydroxyl groups is 1. The number of rotatable bonds is 12. The maximum Gasteiger partial charge on any atom is 0.697 e. The molecule has 1 aliphatic rings. The summed E-state index contributed by atoms with van der Waals surface area (Å²) in [6.45, 7) is 4.68. The molecule has 0 aliphatic carbocycles. The van der Waals surface area contributed by atoms with Crippen LogP contribution in [0.4, 0.5) is 4.39 Å². The van der Waals surface area contributed by atoms with Crippen molar-refractivity contribution in [2.75, 3.05) is 6.61 Å². The summed E-state index contributed by atoms with van der Waals surface area (Å²) in [6, 6.07) is 4.68. The molecule has 1 saturated heterocycles. The van der Waals surface area contributed by atoms with Gasteiger partial charge in [0.2, 0.25) is 5.82 Å². The summed E-state index contributed by atoms with van der Waals surface area (Å²) in [5.74, 6) is -1.76. The molecule has 6 atom stereocenters. The highest BCUT2D eigenvalue weighted by Crippen LogP contribution is 2.32. The van der Waals surface area contributed by atoms with Crippen molar-refractivity contribution in [1.82, 2.24) is 9.55 Å². The number of hydrogen-bond acceptors (Lipinski definition) is 11. The van der Waals surface area contributed by atoms with E-state index in [0.717, 1.165) is 21.3 Å². The summed E-state index contributed by atoms with van der Waals surface area (Å²) in [5.41, 5.74) is 7.31. The van der Waals surface area contributed by atoms with Gasteiger partial charge in [0.25, 0.3) is 5.56 Å². The third-order valence-electron chi connectivity index (χ3n) is 5.90. The number of aliphatic hydroxyl groups excluding tert-OH is 1. The van der Waals surface area contributed by atoms with Crippen molar-refractivity contribution in [3.05, 3.63) is 67.7 Å². The molecule has 206 valence electrons. The number of aromatic nitrogens is 2. The van der Waals surface area contributed by atoms with E-state index in [-0.39, 0.29) is 19.6 Å². The van der Waals surface area contributed by atoms with Crippen LogP contribution < -0.4 is 11.2 Å². The summed E-state index contributed by atoms with van der Waals surface area (Å²) in [5, 5.41) is 13.4. The minimum absolute atomic E-state index is 0.0411. The van der Waals surface area contributed by atoms with Crippen LogP contribution in [0.15, 0.2) is 39.1 Å². The minimum Gasteiger partial charge on any atom is -0.461 e. The van der Waals surface area contributed by atoms with Crippen molar-refractivity contribution in [3.8, 4) is 0 Å². The molecule has 3 N–H and O–H groups in total. The average molecular weight is 555 g/mol. The van der Waals surface area contributed by atoms with E-state index < -0.39 is 61.9 Å². The van der Waals surface area contributed by atoms with Crippen molar-refractivity contribution in [2.24, 2.45) is 5.11 Å². The molecule has 2 aromatic rings. The second kappa shape index (κ2) is 13.1. The molecule has 3 rings (SSSR count). The standard InChI is InChI=1S/C23H28FN4O9P/c1-12-4-5-15(6-13(2)36-22(31)14(3)27-25)7-16(12)10-34-38(33)35-11-19-18(29)8-20(37-19)28-9-17(24)21(30)26-23(28)32/h4-5,7,9,13-14,18-20,25,29H,6,8,10-11H2,1-3H3/p+1. The number of benzene rings is 1. The van der Waals surface area contributed by atoms with Crippen LogP contribution in [0.1, 0.15) is 43.2 Å². The van der Waals surface area contributed by atoms with E-state index in [1.807, 2.05) is 30.1 Å². The average Bonchev–Trinajstić information content (AvgIpc) is 3.24. The van der Waals surface area contributed by atoms with Gasteiger partial charge in [0.15, 0.2) is 6.04 Å². The van der Waals surface area contributed by atoms with E-state index in [4.69, 9.17) is 24.1 Å². The van der Waals surface area contributed by atoms with E-state index >= 15 is 0 Å². The Morgan fingerprint density at radius 3 is 2.82 bits per heavy atom. The number of halogens is 1. The number of H-pyrrole nitrogens is 1. The molecule has 6 unspecified atom stereocenters. The SMILES string of the molecule is Cc1ccc(CC(C)OC(=O)C(C)N=N)cc1CO[P+](=O)OCC1OC(n2cc(F)c(=O)[nH]c2=O)CC1O. The zero-order valence-electron chi connectivity index (χ0n) is 21.0. The van der Waals surface area contributed by atoms with Crippen molar-refractivity contribution in [2.45, 2.75) is 70.8 Å². The molecular weight excluding hydrogens is 526 g/mol. The number of esters is 1. The second-order valence-corrected chi connectivity index (χ2v) is 9.85.